The second-order valence-electron chi connectivity index (χ2n) is 15.7. The van der Waals surface area contributed by atoms with Gasteiger partial charge >= 0.3 is 11.8 Å². The Morgan fingerprint density at radius 2 is 1.54 bits per heavy atom. The van der Waals surface area contributed by atoms with Crippen LogP contribution in [0.5, 0.6) is 0 Å². The monoisotopic (exact) mass is 906 g/mol. The highest BCUT2D eigenvalue weighted by Crippen LogP contribution is 2.48. The number of aryl methyl sites for hydroxylation is 1. The van der Waals surface area contributed by atoms with E-state index in [1.54, 1.807) is 47.1 Å². The molecule has 3 aliphatic rings. The Hall–Kier alpha value is -5.13. The molecule has 3 aliphatic heterocycles. The SMILES string of the molecule is CN(OCC(=O)ON1C(=O)CCC1=O)C(=O)c1cc2c([n+](CCCS(=O)(=O)O)c1)N=C(/C=C/C=C/C=C1/N(CCCS(=O)(=O)O)c3ccc(S(C)(=O)=O)cc3C1(C)C)C2(C)C. The van der Waals surface area contributed by atoms with E-state index in [1.165, 1.54) is 19.3 Å². The van der Waals surface area contributed by atoms with Crippen LogP contribution in [0.2, 0.25) is 0 Å². The number of rotatable bonds is 17. The number of fused-ring (bicyclic) bond motifs is 2. The minimum absolute atomic E-state index is 0.0269. The Morgan fingerprint density at radius 3 is 2.16 bits per heavy atom. The van der Waals surface area contributed by atoms with Gasteiger partial charge in [-0.2, -0.15) is 16.8 Å². The number of carbonyl (C=O) groups is 4. The van der Waals surface area contributed by atoms with Crippen molar-refractivity contribution < 1.29 is 67.8 Å². The number of hydroxylamine groups is 4. The Balaban J connectivity index is 1.38. The maximum atomic E-state index is 13.6. The zero-order chi connectivity index (χ0) is 45.3. The first-order valence-corrected chi connectivity index (χ1v) is 24.0. The van der Waals surface area contributed by atoms with E-state index in [9.17, 15) is 53.5 Å². The molecule has 2 aromatic rings. The van der Waals surface area contributed by atoms with Crippen molar-refractivity contribution in [3.63, 3.8) is 0 Å². The van der Waals surface area contributed by atoms with Crippen molar-refractivity contribution in [3.05, 3.63) is 83.2 Å². The van der Waals surface area contributed by atoms with E-state index < -0.39 is 82.7 Å². The summed E-state index contributed by atoms with van der Waals surface area (Å²) in [5.74, 6) is -3.76. The van der Waals surface area contributed by atoms with Crippen molar-refractivity contribution in [2.45, 2.75) is 75.6 Å². The molecule has 1 aromatic carbocycles. The van der Waals surface area contributed by atoms with E-state index in [-0.39, 0.29) is 49.2 Å². The second-order valence-corrected chi connectivity index (χ2v) is 20.9. The van der Waals surface area contributed by atoms with Crippen LogP contribution < -0.4 is 9.47 Å². The summed E-state index contributed by atoms with van der Waals surface area (Å²) >= 11 is 0. The van der Waals surface area contributed by atoms with Gasteiger partial charge in [0.15, 0.2) is 22.2 Å². The number of carbonyl (C=O) groups excluding carboxylic acids is 4. The number of sulfone groups is 1. The van der Waals surface area contributed by atoms with Gasteiger partial charge in [0.05, 0.1) is 39.5 Å². The summed E-state index contributed by atoms with van der Waals surface area (Å²) in [6.45, 7) is 7.03. The third kappa shape index (κ3) is 11.0. The molecule has 2 N–H and O–H groups in total. The van der Waals surface area contributed by atoms with Crippen LogP contribution in [-0.4, -0.2) is 112 Å². The molecule has 4 heterocycles. The van der Waals surface area contributed by atoms with Crippen molar-refractivity contribution >= 4 is 71.0 Å². The van der Waals surface area contributed by atoms with Crippen molar-refractivity contribution in [1.82, 2.24) is 10.1 Å². The van der Waals surface area contributed by atoms with Crippen molar-refractivity contribution in [1.29, 1.82) is 0 Å². The number of nitrogens with zero attached hydrogens (tertiary/aromatic N) is 5. The summed E-state index contributed by atoms with van der Waals surface area (Å²) < 4.78 is 91.2. The number of amides is 3. The molecule has 5 rings (SSSR count). The van der Waals surface area contributed by atoms with Gasteiger partial charge in [-0.3, -0.25) is 28.3 Å². The van der Waals surface area contributed by atoms with E-state index in [4.69, 9.17) is 14.7 Å². The van der Waals surface area contributed by atoms with Crippen molar-refractivity contribution in [3.8, 4) is 0 Å². The Labute approximate surface area is 354 Å². The fourth-order valence-electron chi connectivity index (χ4n) is 7.13. The lowest BCUT2D eigenvalue weighted by Crippen LogP contribution is -2.39. The molecule has 0 saturated carbocycles. The molecular weight excluding hydrogens is 859 g/mol. The molecule has 0 spiro atoms. The number of hydrogen-bond acceptors (Lipinski definition) is 14. The van der Waals surface area contributed by atoms with Crippen molar-refractivity contribution in [2.24, 2.45) is 4.99 Å². The van der Waals surface area contributed by atoms with Gasteiger partial charge in [-0.05, 0) is 67.2 Å². The summed E-state index contributed by atoms with van der Waals surface area (Å²) in [4.78, 5) is 66.4. The highest BCUT2D eigenvalue weighted by Gasteiger charge is 2.44. The first-order valence-electron chi connectivity index (χ1n) is 18.9. The fraction of sp³-hybridized carbons (Fsp3) is 0.436. The number of anilines is 1. The van der Waals surface area contributed by atoms with Crippen LogP contribution in [0.25, 0.3) is 0 Å². The van der Waals surface area contributed by atoms with Crippen LogP contribution in [0.1, 0.15) is 74.9 Å². The topological polar surface area (TPSA) is 256 Å². The zero-order valence-corrected chi connectivity index (χ0v) is 36.8. The van der Waals surface area contributed by atoms with E-state index in [2.05, 4.69) is 0 Å². The number of imide groups is 1. The maximum Gasteiger partial charge on any atom is 0.361 e. The summed E-state index contributed by atoms with van der Waals surface area (Å²) in [7, 11) is -10.8. The summed E-state index contributed by atoms with van der Waals surface area (Å²) in [6, 6.07) is 6.38. The van der Waals surface area contributed by atoms with E-state index in [0.29, 0.717) is 27.8 Å². The summed E-state index contributed by atoms with van der Waals surface area (Å²) in [6.07, 6.45) is 11.3. The van der Waals surface area contributed by atoms with E-state index in [0.717, 1.165) is 22.6 Å². The molecule has 19 nitrogen and oxygen atoms in total. The van der Waals surface area contributed by atoms with Gasteiger partial charge in [-0.1, -0.05) is 32.1 Å². The molecule has 1 fully saturated rings. The first-order chi connectivity index (χ1) is 28.2. The second kappa shape index (κ2) is 17.7. The lowest BCUT2D eigenvalue weighted by atomic mass is 9.81. The van der Waals surface area contributed by atoms with Gasteiger partial charge in [-0.15, -0.1) is 5.06 Å². The molecule has 1 aromatic heterocycles. The third-order valence-corrected chi connectivity index (χ3v) is 13.1. The number of benzene rings is 1. The standard InChI is InChI=1S/C39H47N5O14S3/c1-38(2)29-22-26(37(48)41(5)57-25-35(47)58-44-33(45)16-17-34(44)46)24-42(18-10-20-60(51,52)53)36(29)40-31(38)12-8-7-9-13-32-39(3,4)28-23-27(59(6,49)50)14-15-30(28)43(32)19-11-21-61(54,55)56/h7-9,12-15,22-24H,10-11,16-21,25H2,1-6H3,(H-,51,52,53,54,55,56)/p+1. The van der Waals surface area contributed by atoms with Crippen LogP contribution in [0.4, 0.5) is 11.5 Å². The normalized spacial score (nSPS) is 18.0. The predicted octanol–water partition coefficient (Wildman–Crippen LogP) is 2.70. The number of pyridine rings is 1. The zero-order valence-electron chi connectivity index (χ0n) is 34.4. The molecule has 61 heavy (non-hydrogen) atoms. The Morgan fingerprint density at radius 1 is 0.902 bits per heavy atom. The average molecular weight is 907 g/mol. The van der Waals surface area contributed by atoms with Crippen LogP contribution in [0.15, 0.2) is 76.4 Å². The summed E-state index contributed by atoms with van der Waals surface area (Å²) in [5, 5.41) is 1.12. The average Bonchev–Trinajstić information content (AvgIpc) is 3.68. The minimum Gasteiger partial charge on any atom is -0.344 e. The first kappa shape index (κ1) is 46.9. The molecule has 0 atom stereocenters. The molecule has 0 unspecified atom stereocenters. The molecule has 3 amide bonds. The van der Waals surface area contributed by atoms with Gasteiger partial charge in [0.25, 0.3) is 38.0 Å². The van der Waals surface area contributed by atoms with Gasteiger partial charge in [-0.25, -0.2) is 22.8 Å². The smallest absolute Gasteiger partial charge is 0.344 e. The van der Waals surface area contributed by atoms with Crippen molar-refractivity contribution in [2.75, 3.05) is 42.9 Å². The molecule has 22 heteroatoms. The highest BCUT2D eigenvalue weighted by molar-refractivity contribution is 7.90. The predicted molar refractivity (Wildman–Crippen MR) is 220 cm³/mol. The highest BCUT2D eigenvalue weighted by atomic mass is 32.2. The number of hydrogen-bond donors (Lipinski definition) is 2. The molecule has 1 saturated heterocycles. The Bertz CT molecular complexity index is 2600. The quantitative estimate of drug-likeness (QED) is 0.0761. The largest absolute Gasteiger partial charge is 0.361 e. The van der Waals surface area contributed by atoms with E-state index >= 15 is 0 Å². The van der Waals surface area contributed by atoms with Crippen LogP contribution >= 0.6 is 0 Å². The van der Waals surface area contributed by atoms with Gasteiger partial charge in [0, 0.05) is 55.9 Å². The minimum atomic E-state index is -4.30. The molecule has 0 aliphatic carbocycles. The van der Waals surface area contributed by atoms with E-state index in [1.807, 2.05) is 38.7 Å². The van der Waals surface area contributed by atoms with Crippen LogP contribution in [0.3, 0.4) is 0 Å². The van der Waals surface area contributed by atoms with Gasteiger partial charge in [0.1, 0.15) is 6.20 Å². The van der Waals surface area contributed by atoms with Gasteiger partial charge in [0.2, 0.25) is 0 Å². The molecule has 0 radical (unpaired) electrons. The molecular formula is C39H48N5O14S3+. The maximum absolute atomic E-state index is 13.6. The Kier molecular flexibility index (Phi) is 13.6. The number of allylic oxidation sites excluding steroid dienone is 6. The number of aromatic nitrogens is 1. The van der Waals surface area contributed by atoms with Gasteiger partial charge < -0.3 is 9.74 Å². The number of aliphatic imine (C=N–C) groups is 1. The molecule has 0 bridgehead atoms. The third-order valence-electron chi connectivity index (χ3n) is 10.4. The van der Waals surface area contributed by atoms with Crippen LogP contribution in [-0.2, 0) is 71.5 Å². The lowest BCUT2D eigenvalue weighted by molar-refractivity contribution is -0.684. The summed E-state index contributed by atoms with van der Waals surface area (Å²) in [5.41, 5.74) is 1.92. The van der Waals surface area contributed by atoms with Crippen LogP contribution in [0, 0.1) is 0 Å². The fourth-order valence-corrected chi connectivity index (χ4v) is 8.77. The molecule has 330 valence electrons. The lowest BCUT2D eigenvalue weighted by Gasteiger charge is -2.27.